The van der Waals surface area contributed by atoms with Gasteiger partial charge < -0.3 is 5.11 Å². The molecule has 0 aromatic rings. The lowest BCUT2D eigenvalue weighted by Crippen LogP contribution is -1.97. The van der Waals surface area contributed by atoms with Crippen molar-refractivity contribution >= 4 is 5.97 Å². The monoisotopic (exact) mass is 349 g/mol. The van der Waals surface area contributed by atoms with Crippen LogP contribution in [-0.4, -0.2) is 16.0 Å². The van der Waals surface area contributed by atoms with E-state index in [9.17, 15) is 14.9 Å². The summed E-state index contributed by atoms with van der Waals surface area (Å²) in [5.74, 6) is -0.775. The highest BCUT2D eigenvalue weighted by atomic mass is 16.6. The predicted octanol–water partition coefficient (Wildman–Crippen LogP) is 5.82. The van der Waals surface area contributed by atoms with Crippen molar-refractivity contribution in [2.24, 2.45) is 0 Å². The Morgan fingerprint density at radius 2 is 1.60 bits per heavy atom. The summed E-state index contributed by atoms with van der Waals surface area (Å²) < 4.78 is 0. The molecule has 0 bridgehead atoms. The molecule has 0 aliphatic carbocycles. The van der Waals surface area contributed by atoms with E-state index in [0.29, 0.717) is 25.7 Å². The van der Waals surface area contributed by atoms with E-state index in [1.807, 2.05) is 24.3 Å². The van der Waals surface area contributed by atoms with Crippen molar-refractivity contribution in [3.05, 3.63) is 58.3 Å². The van der Waals surface area contributed by atoms with E-state index in [1.54, 1.807) is 12.2 Å². The number of rotatable bonds is 15. The molecule has 0 aliphatic rings. The zero-order chi connectivity index (χ0) is 18.8. The molecule has 25 heavy (non-hydrogen) atoms. The minimum Gasteiger partial charge on any atom is -0.481 e. The summed E-state index contributed by atoms with van der Waals surface area (Å²) in [7, 11) is 0. The highest BCUT2D eigenvalue weighted by Gasteiger charge is 2.06. The normalized spacial score (nSPS) is 12.6. The molecule has 1 N–H and O–H groups in total. The number of hydrogen-bond acceptors (Lipinski definition) is 3. The first-order chi connectivity index (χ1) is 12.1. The second-order valence-electron chi connectivity index (χ2n) is 5.82. The molecule has 0 radical (unpaired) electrons. The van der Waals surface area contributed by atoms with Gasteiger partial charge in [0.25, 0.3) is 0 Å². The number of carbonyl (C=O) groups is 1. The summed E-state index contributed by atoms with van der Waals surface area (Å²) in [6.07, 6.45) is 21.2. The number of carboxylic acid groups (broad SMARTS) is 1. The van der Waals surface area contributed by atoms with Gasteiger partial charge in [0.2, 0.25) is 5.70 Å². The van der Waals surface area contributed by atoms with Crippen LogP contribution in [0.5, 0.6) is 0 Å². The van der Waals surface area contributed by atoms with E-state index < -0.39 is 5.97 Å². The molecule has 0 fully saturated rings. The highest BCUT2D eigenvalue weighted by Crippen LogP contribution is 2.07. The second-order valence-corrected chi connectivity index (χ2v) is 5.82. The highest BCUT2D eigenvalue weighted by molar-refractivity contribution is 5.66. The first kappa shape index (κ1) is 22.8. The summed E-state index contributed by atoms with van der Waals surface area (Å²) in [6, 6.07) is 0. The first-order valence-corrected chi connectivity index (χ1v) is 9.08. The summed E-state index contributed by atoms with van der Waals surface area (Å²) >= 11 is 0. The van der Waals surface area contributed by atoms with Crippen molar-refractivity contribution in [1.82, 2.24) is 0 Å². The standard InChI is InChI=1S/C20H31NO4/c1-2-3-4-5-7-10-13-16-19(21(24)25)17-14-11-8-6-9-12-15-18-20(22)23/h6-7,9-11,14,16H,2-5,8,12-13,15,17-18H2,1H3,(H,22,23)/b9-6-,10-7+,14-11+,19-16-. The molecular formula is C20H31NO4. The van der Waals surface area contributed by atoms with Gasteiger partial charge in [-0.15, -0.1) is 0 Å². The number of aliphatic carboxylic acids is 1. The van der Waals surface area contributed by atoms with Crippen LogP contribution >= 0.6 is 0 Å². The Kier molecular flexibility index (Phi) is 15.2. The van der Waals surface area contributed by atoms with Gasteiger partial charge in [-0.1, -0.05) is 56.2 Å². The van der Waals surface area contributed by atoms with Crippen molar-refractivity contribution < 1.29 is 14.8 Å². The van der Waals surface area contributed by atoms with Gasteiger partial charge in [0, 0.05) is 6.42 Å². The SMILES string of the molecule is CCCCC/C=C/C/C=C(/C/C=C/C/C=C\CCCC(=O)O)[N+](=O)[O-]. The van der Waals surface area contributed by atoms with Crippen LogP contribution in [-0.2, 0) is 4.79 Å². The van der Waals surface area contributed by atoms with Crippen LogP contribution in [0.3, 0.4) is 0 Å². The van der Waals surface area contributed by atoms with E-state index in [2.05, 4.69) is 13.0 Å². The van der Waals surface area contributed by atoms with Crippen molar-refractivity contribution in [1.29, 1.82) is 0 Å². The van der Waals surface area contributed by atoms with Crippen LogP contribution < -0.4 is 0 Å². The van der Waals surface area contributed by atoms with Gasteiger partial charge in [-0.05, 0) is 44.6 Å². The molecule has 140 valence electrons. The zero-order valence-corrected chi connectivity index (χ0v) is 15.2. The van der Waals surface area contributed by atoms with E-state index in [1.165, 1.54) is 19.3 Å². The number of unbranched alkanes of at least 4 members (excludes halogenated alkanes) is 4. The van der Waals surface area contributed by atoms with E-state index in [-0.39, 0.29) is 17.0 Å². The fraction of sp³-hybridized carbons (Fsp3) is 0.550. The second kappa shape index (κ2) is 16.7. The van der Waals surface area contributed by atoms with Crippen LogP contribution in [0.15, 0.2) is 48.2 Å². The van der Waals surface area contributed by atoms with Crippen LogP contribution in [0.1, 0.15) is 71.1 Å². The minimum absolute atomic E-state index is 0.185. The molecule has 5 heteroatoms. The molecule has 0 aromatic heterocycles. The van der Waals surface area contributed by atoms with Crippen LogP contribution in [0.2, 0.25) is 0 Å². The molecule has 0 unspecified atom stereocenters. The van der Waals surface area contributed by atoms with Crippen LogP contribution in [0.25, 0.3) is 0 Å². The Morgan fingerprint density at radius 3 is 2.24 bits per heavy atom. The average Bonchev–Trinajstić information content (AvgIpc) is 2.57. The fourth-order valence-corrected chi connectivity index (χ4v) is 2.13. The quantitative estimate of drug-likeness (QED) is 0.175. The number of nitro groups is 1. The Balaban J connectivity index is 4.01. The van der Waals surface area contributed by atoms with Crippen molar-refractivity contribution in [2.75, 3.05) is 0 Å². The molecule has 0 rings (SSSR count). The Bertz CT molecular complexity index is 490. The number of carboxylic acids is 1. The van der Waals surface area contributed by atoms with Crippen LogP contribution in [0.4, 0.5) is 0 Å². The van der Waals surface area contributed by atoms with Gasteiger partial charge in [0.15, 0.2) is 0 Å². The van der Waals surface area contributed by atoms with E-state index >= 15 is 0 Å². The van der Waals surface area contributed by atoms with Crippen molar-refractivity contribution in [2.45, 2.75) is 71.1 Å². The number of nitrogens with zero attached hydrogens (tertiary/aromatic N) is 1. The third-order valence-electron chi connectivity index (χ3n) is 3.56. The molecule has 0 spiro atoms. The summed E-state index contributed by atoms with van der Waals surface area (Å²) in [4.78, 5) is 21.0. The smallest absolute Gasteiger partial charge is 0.303 e. The summed E-state index contributed by atoms with van der Waals surface area (Å²) in [5, 5.41) is 19.5. The lowest BCUT2D eigenvalue weighted by Gasteiger charge is -1.94. The Hall–Kier alpha value is -2.17. The third kappa shape index (κ3) is 16.5. The van der Waals surface area contributed by atoms with Gasteiger partial charge in [0.05, 0.1) is 11.3 Å². The summed E-state index contributed by atoms with van der Waals surface area (Å²) in [5.41, 5.74) is 0.222. The maximum Gasteiger partial charge on any atom is 0.303 e. The lowest BCUT2D eigenvalue weighted by molar-refractivity contribution is -0.427. The summed E-state index contributed by atoms with van der Waals surface area (Å²) in [6.45, 7) is 2.17. The molecular weight excluding hydrogens is 318 g/mol. The van der Waals surface area contributed by atoms with E-state index in [4.69, 9.17) is 5.11 Å². The fourth-order valence-electron chi connectivity index (χ4n) is 2.13. The topological polar surface area (TPSA) is 80.4 Å². The number of hydrogen-bond donors (Lipinski definition) is 1. The number of allylic oxidation sites excluding steroid dienone is 7. The molecule has 5 nitrogen and oxygen atoms in total. The van der Waals surface area contributed by atoms with Crippen molar-refractivity contribution in [3.63, 3.8) is 0 Å². The zero-order valence-electron chi connectivity index (χ0n) is 15.2. The van der Waals surface area contributed by atoms with Gasteiger partial charge in [-0.3, -0.25) is 14.9 Å². The molecule has 0 heterocycles. The molecule has 0 amide bonds. The first-order valence-electron chi connectivity index (χ1n) is 9.08. The molecule has 0 saturated heterocycles. The molecule has 0 atom stereocenters. The molecule has 0 saturated carbocycles. The third-order valence-corrected chi connectivity index (χ3v) is 3.56. The Labute approximate surface area is 151 Å². The maximum absolute atomic E-state index is 11.0. The van der Waals surface area contributed by atoms with Gasteiger partial charge >= 0.3 is 5.97 Å². The lowest BCUT2D eigenvalue weighted by atomic mass is 10.2. The largest absolute Gasteiger partial charge is 0.481 e. The predicted molar refractivity (Wildman–Crippen MR) is 102 cm³/mol. The van der Waals surface area contributed by atoms with Gasteiger partial charge in [0.1, 0.15) is 0 Å². The minimum atomic E-state index is -0.775. The van der Waals surface area contributed by atoms with Gasteiger partial charge in [-0.25, -0.2) is 0 Å². The van der Waals surface area contributed by atoms with Crippen LogP contribution in [0, 0.1) is 10.1 Å². The van der Waals surface area contributed by atoms with Crippen molar-refractivity contribution in [3.8, 4) is 0 Å². The molecule has 0 aliphatic heterocycles. The Morgan fingerprint density at radius 1 is 0.960 bits per heavy atom. The average molecular weight is 349 g/mol. The molecule has 0 aromatic carbocycles. The maximum atomic E-state index is 11.0. The van der Waals surface area contributed by atoms with Gasteiger partial charge in [-0.2, -0.15) is 0 Å². The van der Waals surface area contributed by atoms with E-state index in [0.717, 1.165) is 12.8 Å².